The summed E-state index contributed by atoms with van der Waals surface area (Å²) in [5.74, 6) is 0.880. The van der Waals surface area contributed by atoms with Crippen molar-refractivity contribution in [3.8, 4) is 22.8 Å². The lowest BCUT2D eigenvalue weighted by atomic mass is 10.1. The van der Waals surface area contributed by atoms with Crippen molar-refractivity contribution in [1.82, 2.24) is 14.6 Å². The van der Waals surface area contributed by atoms with E-state index in [1.54, 1.807) is 18.2 Å². The Morgan fingerprint density at radius 1 is 1.04 bits per heavy atom. The molecule has 0 unspecified atom stereocenters. The van der Waals surface area contributed by atoms with Gasteiger partial charge in [0.25, 0.3) is 0 Å². The van der Waals surface area contributed by atoms with Gasteiger partial charge in [-0.3, -0.25) is 0 Å². The molecule has 2 aromatic heterocycles. The van der Waals surface area contributed by atoms with Crippen molar-refractivity contribution in [2.45, 2.75) is 6.18 Å². The zero-order valence-corrected chi connectivity index (χ0v) is 14.1. The maximum Gasteiger partial charge on any atom is 0.433 e. The fraction of sp³-hybridized carbons (Fsp3) is 0.200. The lowest BCUT2D eigenvalue weighted by Crippen LogP contribution is -2.13. The number of halogens is 4. The number of fused-ring (bicyclic) bond motifs is 1. The smallest absolute Gasteiger partial charge is 0.433 e. The van der Waals surface area contributed by atoms with Gasteiger partial charge in [0.15, 0.2) is 22.8 Å². The number of hydrogen-bond acceptors (Lipinski definition) is 4. The van der Waals surface area contributed by atoms with Crippen LogP contribution in [-0.2, 0) is 6.18 Å². The molecular formula is C15H11BrF3N3O2. The van der Waals surface area contributed by atoms with Gasteiger partial charge < -0.3 is 9.47 Å². The van der Waals surface area contributed by atoms with Crippen LogP contribution < -0.4 is 9.47 Å². The molecule has 0 bridgehead atoms. The van der Waals surface area contributed by atoms with Gasteiger partial charge in [0, 0.05) is 11.6 Å². The fourth-order valence-electron chi connectivity index (χ4n) is 2.29. The summed E-state index contributed by atoms with van der Waals surface area (Å²) < 4.78 is 51.4. The molecule has 0 aliphatic heterocycles. The first-order valence-electron chi connectivity index (χ1n) is 6.69. The maximum atomic E-state index is 13.3. The highest BCUT2D eigenvalue weighted by Crippen LogP contribution is 2.35. The molecule has 1 aromatic carbocycles. The van der Waals surface area contributed by atoms with Crippen LogP contribution in [0.15, 0.2) is 34.9 Å². The number of alkyl halides is 3. The molecule has 2 heterocycles. The van der Waals surface area contributed by atoms with E-state index in [0.717, 1.165) is 10.6 Å². The van der Waals surface area contributed by atoms with Gasteiger partial charge in [-0.2, -0.15) is 18.3 Å². The summed E-state index contributed by atoms with van der Waals surface area (Å²) in [6.07, 6.45) is -4.57. The van der Waals surface area contributed by atoms with E-state index in [1.807, 2.05) is 0 Å². The van der Waals surface area contributed by atoms with Gasteiger partial charge >= 0.3 is 6.18 Å². The molecule has 0 spiro atoms. The van der Waals surface area contributed by atoms with Gasteiger partial charge in [0.05, 0.1) is 19.9 Å². The molecule has 0 saturated carbocycles. The van der Waals surface area contributed by atoms with Gasteiger partial charge in [-0.05, 0) is 40.2 Å². The first-order valence-corrected chi connectivity index (χ1v) is 7.48. The van der Waals surface area contributed by atoms with Crippen LogP contribution in [0.2, 0.25) is 0 Å². The predicted octanol–water partition coefficient (Wildman–Crippen LogP) is 4.19. The third-order valence-electron chi connectivity index (χ3n) is 3.37. The highest BCUT2D eigenvalue weighted by molar-refractivity contribution is 9.10. The Balaban J connectivity index is 2.23. The van der Waals surface area contributed by atoms with Crippen molar-refractivity contribution >= 4 is 21.6 Å². The summed E-state index contributed by atoms with van der Waals surface area (Å²) in [5.41, 5.74) is -0.203. The molecule has 126 valence electrons. The highest BCUT2D eigenvalue weighted by Gasteiger charge is 2.35. The monoisotopic (exact) mass is 401 g/mol. The van der Waals surface area contributed by atoms with Crippen LogP contribution in [0.4, 0.5) is 13.2 Å². The first kappa shape index (κ1) is 16.6. The minimum atomic E-state index is -4.57. The number of ether oxygens (including phenoxy) is 2. The third kappa shape index (κ3) is 2.91. The number of benzene rings is 1. The Labute approximate surface area is 143 Å². The molecule has 3 aromatic rings. The molecule has 3 rings (SSSR count). The minimum Gasteiger partial charge on any atom is -0.493 e. The summed E-state index contributed by atoms with van der Waals surface area (Å²) in [6, 6.07) is 7.17. The van der Waals surface area contributed by atoms with Crippen molar-refractivity contribution in [3.63, 3.8) is 0 Å². The van der Waals surface area contributed by atoms with E-state index < -0.39 is 11.9 Å². The molecule has 0 aliphatic rings. The summed E-state index contributed by atoms with van der Waals surface area (Å²) in [5, 5.41) is 3.78. The van der Waals surface area contributed by atoms with Crippen molar-refractivity contribution in [1.29, 1.82) is 0 Å². The number of rotatable bonds is 3. The number of methoxy groups -OCH3 is 2. The molecular weight excluding hydrogens is 391 g/mol. The molecule has 0 atom stereocenters. The minimum absolute atomic E-state index is 0.0847. The van der Waals surface area contributed by atoms with E-state index in [9.17, 15) is 13.2 Å². The Bertz CT molecular complexity index is 909. The molecule has 5 nitrogen and oxygen atoms in total. The number of nitrogens with zero attached hydrogens (tertiary/aromatic N) is 3. The maximum absolute atomic E-state index is 13.3. The van der Waals surface area contributed by atoms with Crippen molar-refractivity contribution in [3.05, 3.63) is 40.6 Å². The summed E-state index contributed by atoms with van der Waals surface area (Å²) >= 11 is 3.07. The third-order valence-corrected chi connectivity index (χ3v) is 3.75. The molecule has 0 fully saturated rings. The molecule has 0 saturated heterocycles. The van der Waals surface area contributed by atoms with Crippen LogP contribution in [-0.4, -0.2) is 28.8 Å². The lowest BCUT2D eigenvalue weighted by Gasteiger charge is -2.12. The fourth-order valence-corrected chi connectivity index (χ4v) is 2.66. The van der Waals surface area contributed by atoms with E-state index in [0.29, 0.717) is 17.1 Å². The SMILES string of the molecule is COc1ccc(-c2cc(C(F)(F)F)n3nc(Br)cc3n2)cc1OC. The van der Waals surface area contributed by atoms with Crippen LogP contribution in [0.1, 0.15) is 5.69 Å². The van der Waals surface area contributed by atoms with Gasteiger partial charge in [-0.25, -0.2) is 9.50 Å². The molecule has 9 heteroatoms. The van der Waals surface area contributed by atoms with Crippen molar-refractivity contribution in [2.75, 3.05) is 14.2 Å². The van der Waals surface area contributed by atoms with Crippen LogP contribution in [0.25, 0.3) is 16.9 Å². The van der Waals surface area contributed by atoms with E-state index in [2.05, 4.69) is 26.0 Å². The summed E-state index contributed by atoms with van der Waals surface area (Å²) in [4.78, 5) is 4.25. The quantitative estimate of drug-likeness (QED) is 0.659. The van der Waals surface area contributed by atoms with E-state index in [-0.39, 0.29) is 15.9 Å². The van der Waals surface area contributed by atoms with E-state index >= 15 is 0 Å². The van der Waals surface area contributed by atoms with Gasteiger partial charge in [0.2, 0.25) is 0 Å². The second kappa shape index (κ2) is 5.97. The van der Waals surface area contributed by atoms with Crippen molar-refractivity contribution in [2.24, 2.45) is 0 Å². The standard InChI is InChI=1S/C15H11BrF3N3O2/c1-23-10-4-3-8(5-11(10)24-2)9-6-12(15(17,18)19)22-14(20-9)7-13(16)21-22/h3-7H,1-2H3. The Hall–Kier alpha value is -2.29. The zero-order chi connectivity index (χ0) is 17.5. The molecule has 0 radical (unpaired) electrons. The topological polar surface area (TPSA) is 48.7 Å². The van der Waals surface area contributed by atoms with Crippen LogP contribution in [0.3, 0.4) is 0 Å². The van der Waals surface area contributed by atoms with Crippen LogP contribution in [0, 0.1) is 0 Å². The average molecular weight is 402 g/mol. The predicted molar refractivity (Wildman–Crippen MR) is 84.2 cm³/mol. The molecule has 0 N–H and O–H groups in total. The van der Waals surface area contributed by atoms with Crippen molar-refractivity contribution < 1.29 is 22.6 Å². The number of hydrogen-bond donors (Lipinski definition) is 0. The summed E-state index contributed by atoms with van der Waals surface area (Å²) in [7, 11) is 2.93. The van der Waals surface area contributed by atoms with Gasteiger partial charge in [-0.1, -0.05) is 0 Å². The van der Waals surface area contributed by atoms with Crippen LogP contribution in [0.5, 0.6) is 11.5 Å². The lowest BCUT2D eigenvalue weighted by molar-refractivity contribution is -0.142. The second-order valence-electron chi connectivity index (χ2n) is 4.83. The molecule has 0 amide bonds. The Morgan fingerprint density at radius 2 is 1.75 bits per heavy atom. The highest BCUT2D eigenvalue weighted by atomic mass is 79.9. The zero-order valence-electron chi connectivity index (χ0n) is 12.6. The van der Waals surface area contributed by atoms with Gasteiger partial charge in [0.1, 0.15) is 4.60 Å². The van der Waals surface area contributed by atoms with Crippen LogP contribution >= 0.6 is 15.9 Å². The van der Waals surface area contributed by atoms with E-state index in [4.69, 9.17) is 9.47 Å². The molecule has 24 heavy (non-hydrogen) atoms. The normalized spacial score (nSPS) is 11.8. The average Bonchev–Trinajstić information content (AvgIpc) is 2.92. The van der Waals surface area contributed by atoms with Gasteiger partial charge in [-0.15, -0.1) is 0 Å². The largest absolute Gasteiger partial charge is 0.493 e. The Morgan fingerprint density at radius 3 is 2.38 bits per heavy atom. The number of aromatic nitrogens is 3. The second-order valence-corrected chi connectivity index (χ2v) is 5.64. The first-order chi connectivity index (χ1) is 11.3. The van der Waals surface area contributed by atoms with E-state index in [1.165, 1.54) is 20.3 Å². The molecule has 0 aliphatic carbocycles. The summed E-state index contributed by atoms with van der Waals surface area (Å²) in [6.45, 7) is 0. The Kier molecular flexibility index (Phi) is 4.12.